The van der Waals surface area contributed by atoms with E-state index in [0.717, 1.165) is 10.0 Å². The summed E-state index contributed by atoms with van der Waals surface area (Å²) < 4.78 is 0.921. The van der Waals surface area contributed by atoms with Crippen molar-refractivity contribution in [2.24, 2.45) is 5.90 Å². The standard InChI is InChI=1S/C8H11BrN2O/c1-8(2,12-10)6-3-7(9)5-11-4-6/h3-5H,10H2,1-2H3. The highest BCUT2D eigenvalue weighted by atomic mass is 79.9. The highest BCUT2D eigenvalue weighted by Gasteiger charge is 2.20. The van der Waals surface area contributed by atoms with Crippen LogP contribution >= 0.6 is 15.9 Å². The Kier molecular flexibility index (Phi) is 2.82. The van der Waals surface area contributed by atoms with Gasteiger partial charge < -0.3 is 0 Å². The van der Waals surface area contributed by atoms with Gasteiger partial charge in [0, 0.05) is 22.4 Å². The van der Waals surface area contributed by atoms with Gasteiger partial charge in [0.1, 0.15) is 5.60 Å². The predicted octanol–water partition coefficient (Wildman–Crippen LogP) is 1.97. The average Bonchev–Trinajstić information content (AvgIpc) is 2.05. The van der Waals surface area contributed by atoms with Gasteiger partial charge in [0.15, 0.2) is 0 Å². The molecule has 0 unspecified atom stereocenters. The van der Waals surface area contributed by atoms with Crippen LogP contribution in [-0.4, -0.2) is 4.98 Å². The van der Waals surface area contributed by atoms with E-state index in [0.29, 0.717) is 0 Å². The normalized spacial score (nSPS) is 11.7. The van der Waals surface area contributed by atoms with Crippen molar-refractivity contribution in [3.05, 3.63) is 28.5 Å². The van der Waals surface area contributed by atoms with Gasteiger partial charge in [-0.2, -0.15) is 0 Å². The minimum atomic E-state index is -0.489. The number of hydrogen-bond acceptors (Lipinski definition) is 3. The zero-order valence-electron chi connectivity index (χ0n) is 7.04. The molecule has 0 saturated carbocycles. The monoisotopic (exact) mass is 230 g/mol. The van der Waals surface area contributed by atoms with Crippen LogP contribution in [0.15, 0.2) is 22.9 Å². The molecule has 66 valence electrons. The minimum Gasteiger partial charge on any atom is -0.294 e. The van der Waals surface area contributed by atoms with Gasteiger partial charge in [0.2, 0.25) is 0 Å². The molecule has 0 aliphatic rings. The molecular formula is C8H11BrN2O. The Morgan fingerprint density at radius 2 is 2.17 bits per heavy atom. The van der Waals surface area contributed by atoms with E-state index in [4.69, 9.17) is 10.7 Å². The molecule has 1 aromatic rings. The quantitative estimate of drug-likeness (QED) is 0.791. The van der Waals surface area contributed by atoms with E-state index < -0.39 is 5.60 Å². The third kappa shape index (κ3) is 2.03. The lowest BCUT2D eigenvalue weighted by Crippen LogP contribution is -2.25. The van der Waals surface area contributed by atoms with E-state index in [1.807, 2.05) is 19.9 Å². The first-order chi connectivity index (χ1) is 5.56. The van der Waals surface area contributed by atoms with Crippen molar-refractivity contribution < 1.29 is 4.84 Å². The molecule has 1 heterocycles. The molecule has 1 aromatic heterocycles. The molecule has 0 amide bonds. The fourth-order valence-corrected chi connectivity index (χ4v) is 1.17. The second-order valence-corrected chi connectivity index (χ2v) is 3.94. The van der Waals surface area contributed by atoms with E-state index in [1.54, 1.807) is 12.4 Å². The summed E-state index contributed by atoms with van der Waals surface area (Å²) in [5, 5.41) is 0. The predicted molar refractivity (Wildman–Crippen MR) is 50.2 cm³/mol. The summed E-state index contributed by atoms with van der Waals surface area (Å²) in [5.41, 5.74) is 0.455. The Hall–Kier alpha value is -0.450. The summed E-state index contributed by atoms with van der Waals surface area (Å²) in [6, 6.07) is 1.93. The molecule has 0 spiro atoms. The summed E-state index contributed by atoms with van der Waals surface area (Å²) >= 11 is 3.32. The zero-order chi connectivity index (χ0) is 9.19. The highest BCUT2D eigenvalue weighted by Crippen LogP contribution is 2.23. The van der Waals surface area contributed by atoms with Gasteiger partial charge in [-0.1, -0.05) is 0 Å². The first kappa shape index (κ1) is 9.64. The first-order valence-electron chi connectivity index (χ1n) is 3.55. The van der Waals surface area contributed by atoms with Crippen molar-refractivity contribution in [3.63, 3.8) is 0 Å². The minimum absolute atomic E-state index is 0.489. The van der Waals surface area contributed by atoms with Gasteiger partial charge in [-0.05, 0) is 35.8 Å². The van der Waals surface area contributed by atoms with Gasteiger partial charge in [0.25, 0.3) is 0 Å². The van der Waals surface area contributed by atoms with Gasteiger partial charge in [-0.25, -0.2) is 5.90 Å². The number of pyridine rings is 1. The van der Waals surface area contributed by atoms with E-state index >= 15 is 0 Å². The molecule has 0 aromatic carbocycles. The van der Waals surface area contributed by atoms with E-state index in [1.165, 1.54) is 0 Å². The number of halogens is 1. The van der Waals surface area contributed by atoms with Crippen LogP contribution in [0.3, 0.4) is 0 Å². The molecule has 0 aliphatic heterocycles. The Balaban J connectivity index is 3.03. The van der Waals surface area contributed by atoms with Crippen LogP contribution in [0.25, 0.3) is 0 Å². The summed E-state index contributed by atoms with van der Waals surface area (Å²) in [6.45, 7) is 3.77. The van der Waals surface area contributed by atoms with Gasteiger partial charge in [-0.3, -0.25) is 9.82 Å². The second kappa shape index (κ2) is 3.51. The third-order valence-electron chi connectivity index (χ3n) is 1.69. The Bertz CT molecular complexity index is 276. The van der Waals surface area contributed by atoms with Gasteiger partial charge >= 0.3 is 0 Å². The van der Waals surface area contributed by atoms with E-state index in [-0.39, 0.29) is 0 Å². The molecule has 0 saturated heterocycles. The molecule has 0 aliphatic carbocycles. The fraction of sp³-hybridized carbons (Fsp3) is 0.375. The smallest absolute Gasteiger partial charge is 0.110 e. The maximum atomic E-state index is 5.15. The van der Waals surface area contributed by atoms with Crippen LogP contribution in [0.1, 0.15) is 19.4 Å². The summed E-state index contributed by atoms with van der Waals surface area (Å²) in [6.07, 6.45) is 3.45. The van der Waals surface area contributed by atoms with Gasteiger partial charge in [0.05, 0.1) is 0 Å². The zero-order valence-corrected chi connectivity index (χ0v) is 8.63. The van der Waals surface area contributed by atoms with Crippen LogP contribution in [0, 0.1) is 0 Å². The Morgan fingerprint density at radius 1 is 1.50 bits per heavy atom. The van der Waals surface area contributed by atoms with Gasteiger partial charge in [-0.15, -0.1) is 0 Å². The van der Waals surface area contributed by atoms with Crippen molar-refractivity contribution in [1.29, 1.82) is 0 Å². The molecule has 0 radical (unpaired) electrons. The molecule has 12 heavy (non-hydrogen) atoms. The molecule has 3 nitrogen and oxygen atoms in total. The van der Waals surface area contributed by atoms with Crippen molar-refractivity contribution in [3.8, 4) is 0 Å². The lowest BCUT2D eigenvalue weighted by Gasteiger charge is -2.21. The highest BCUT2D eigenvalue weighted by molar-refractivity contribution is 9.10. The molecule has 1 rings (SSSR count). The number of nitrogens with zero attached hydrogens (tertiary/aromatic N) is 1. The maximum absolute atomic E-state index is 5.15. The summed E-state index contributed by atoms with van der Waals surface area (Å²) in [5.74, 6) is 5.15. The number of nitrogens with two attached hydrogens (primary N) is 1. The van der Waals surface area contributed by atoms with Crippen LogP contribution in [-0.2, 0) is 10.4 Å². The van der Waals surface area contributed by atoms with Crippen molar-refractivity contribution in [2.45, 2.75) is 19.4 Å². The van der Waals surface area contributed by atoms with Crippen molar-refractivity contribution in [1.82, 2.24) is 4.98 Å². The third-order valence-corrected chi connectivity index (χ3v) is 2.13. The number of rotatable bonds is 2. The lowest BCUT2D eigenvalue weighted by atomic mass is 10.0. The van der Waals surface area contributed by atoms with E-state index in [9.17, 15) is 0 Å². The van der Waals surface area contributed by atoms with Crippen LogP contribution < -0.4 is 5.90 Å². The van der Waals surface area contributed by atoms with Crippen molar-refractivity contribution >= 4 is 15.9 Å². The first-order valence-corrected chi connectivity index (χ1v) is 4.34. The van der Waals surface area contributed by atoms with Crippen LogP contribution in [0.4, 0.5) is 0 Å². The molecule has 0 atom stereocenters. The molecule has 0 fully saturated rings. The summed E-state index contributed by atoms with van der Waals surface area (Å²) in [7, 11) is 0. The molecule has 0 bridgehead atoms. The lowest BCUT2D eigenvalue weighted by molar-refractivity contribution is -0.0239. The van der Waals surface area contributed by atoms with Crippen molar-refractivity contribution in [2.75, 3.05) is 0 Å². The fourth-order valence-electron chi connectivity index (χ4n) is 0.809. The Labute approximate surface area is 80.0 Å². The topological polar surface area (TPSA) is 48.1 Å². The SMILES string of the molecule is CC(C)(ON)c1cncc(Br)c1. The van der Waals surface area contributed by atoms with Crippen LogP contribution in [0.5, 0.6) is 0 Å². The molecular weight excluding hydrogens is 220 g/mol. The average molecular weight is 231 g/mol. The number of hydrogen-bond donors (Lipinski definition) is 1. The number of aromatic nitrogens is 1. The largest absolute Gasteiger partial charge is 0.294 e. The van der Waals surface area contributed by atoms with Crippen LogP contribution in [0.2, 0.25) is 0 Å². The second-order valence-electron chi connectivity index (χ2n) is 3.02. The maximum Gasteiger partial charge on any atom is 0.110 e. The molecule has 2 N–H and O–H groups in total. The Morgan fingerprint density at radius 3 is 2.67 bits per heavy atom. The summed E-state index contributed by atoms with van der Waals surface area (Å²) in [4.78, 5) is 8.83. The molecule has 4 heteroatoms. The van der Waals surface area contributed by atoms with E-state index in [2.05, 4.69) is 20.9 Å².